The van der Waals surface area contributed by atoms with E-state index in [9.17, 15) is 0 Å². The molecule has 0 amide bonds. The van der Waals surface area contributed by atoms with Gasteiger partial charge in [0.1, 0.15) is 0 Å². The quantitative estimate of drug-likeness (QED) is 0.696. The molecule has 0 spiro atoms. The third-order valence-corrected chi connectivity index (χ3v) is 4.16. The van der Waals surface area contributed by atoms with Gasteiger partial charge in [0.15, 0.2) is 0 Å². The summed E-state index contributed by atoms with van der Waals surface area (Å²) in [5.41, 5.74) is 0. The Morgan fingerprint density at radius 3 is 2.23 bits per heavy atom. The Balaban J connectivity index is 1.80. The smallest absolute Gasteiger partial charge is 0.0459 e. The van der Waals surface area contributed by atoms with E-state index in [-0.39, 0.29) is 0 Å². The first-order valence-corrected chi connectivity index (χ1v) is 6.01. The summed E-state index contributed by atoms with van der Waals surface area (Å²) in [4.78, 5) is 0. The zero-order chi connectivity index (χ0) is 9.10. The normalized spacial score (nSPS) is 36.7. The molecule has 2 saturated carbocycles. The van der Waals surface area contributed by atoms with Crippen molar-refractivity contribution in [2.45, 2.75) is 51.4 Å². The van der Waals surface area contributed by atoms with Crippen LogP contribution in [0.4, 0.5) is 0 Å². The highest BCUT2D eigenvalue weighted by molar-refractivity contribution is 4.82. The molecule has 0 heterocycles. The third kappa shape index (κ3) is 2.25. The number of rotatable bonds is 2. The van der Waals surface area contributed by atoms with Crippen LogP contribution in [0.3, 0.4) is 0 Å². The Labute approximate surface area is 81.5 Å². The molecule has 1 heteroatoms. The van der Waals surface area contributed by atoms with Gasteiger partial charge in [0, 0.05) is 6.61 Å². The lowest BCUT2D eigenvalue weighted by molar-refractivity contribution is 0.207. The van der Waals surface area contributed by atoms with Gasteiger partial charge in [0.2, 0.25) is 0 Å². The third-order valence-electron chi connectivity index (χ3n) is 4.16. The predicted octanol–water partition coefficient (Wildman–Crippen LogP) is 2.98. The summed E-state index contributed by atoms with van der Waals surface area (Å²) in [6.45, 7) is 0.434. The topological polar surface area (TPSA) is 20.2 Å². The van der Waals surface area contributed by atoms with Crippen LogP contribution in [0.25, 0.3) is 0 Å². The molecule has 0 saturated heterocycles. The van der Waals surface area contributed by atoms with E-state index in [1.807, 2.05) is 0 Å². The van der Waals surface area contributed by atoms with E-state index in [4.69, 9.17) is 5.11 Å². The SMILES string of the molecule is OCC1CCC(C2CCCCC2)C1. The molecule has 1 nitrogen and oxygen atoms in total. The molecule has 2 fully saturated rings. The summed E-state index contributed by atoms with van der Waals surface area (Å²) in [5, 5.41) is 9.08. The van der Waals surface area contributed by atoms with Crippen LogP contribution in [0.2, 0.25) is 0 Å². The Kier molecular flexibility index (Phi) is 3.26. The van der Waals surface area contributed by atoms with Crippen molar-refractivity contribution in [2.24, 2.45) is 17.8 Å². The van der Waals surface area contributed by atoms with Crippen molar-refractivity contribution in [3.8, 4) is 0 Å². The fourth-order valence-corrected chi connectivity index (χ4v) is 3.31. The summed E-state index contributed by atoms with van der Waals surface area (Å²) in [7, 11) is 0. The molecule has 2 aliphatic rings. The van der Waals surface area contributed by atoms with Crippen molar-refractivity contribution >= 4 is 0 Å². The van der Waals surface area contributed by atoms with Gasteiger partial charge in [-0.15, -0.1) is 0 Å². The van der Waals surface area contributed by atoms with Gasteiger partial charge in [-0.2, -0.15) is 0 Å². The number of aliphatic hydroxyl groups excluding tert-OH is 1. The first-order valence-electron chi connectivity index (χ1n) is 6.01. The minimum absolute atomic E-state index is 0.434. The fraction of sp³-hybridized carbons (Fsp3) is 1.00. The molecule has 2 atom stereocenters. The summed E-state index contributed by atoms with van der Waals surface area (Å²) < 4.78 is 0. The minimum Gasteiger partial charge on any atom is -0.396 e. The molecule has 13 heavy (non-hydrogen) atoms. The first-order chi connectivity index (χ1) is 6.40. The van der Waals surface area contributed by atoms with Gasteiger partial charge in [0.05, 0.1) is 0 Å². The van der Waals surface area contributed by atoms with Gasteiger partial charge in [-0.1, -0.05) is 32.1 Å². The molecule has 2 rings (SSSR count). The molecule has 0 aliphatic heterocycles. The highest BCUT2D eigenvalue weighted by Crippen LogP contribution is 2.41. The van der Waals surface area contributed by atoms with Crippen molar-refractivity contribution in [3.05, 3.63) is 0 Å². The second-order valence-corrected chi connectivity index (χ2v) is 5.02. The van der Waals surface area contributed by atoms with Gasteiger partial charge in [0.25, 0.3) is 0 Å². The fourth-order valence-electron chi connectivity index (χ4n) is 3.31. The number of hydrogen-bond acceptors (Lipinski definition) is 1. The monoisotopic (exact) mass is 182 g/mol. The zero-order valence-electron chi connectivity index (χ0n) is 8.54. The van der Waals surface area contributed by atoms with E-state index >= 15 is 0 Å². The second-order valence-electron chi connectivity index (χ2n) is 5.02. The average Bonchev–Trinajstić information content (AvgIpc) is 2.67. The average molecular weight is 182 g/mol. The van der Waals surface area contributed by atoms with E-state index in [1.54, 1.807) is 0 Å². The first kappa shape index (κ1) is 9.51. The molecule has 2 aliphatic carbocycles. The maximum atomic E-state index is 9.08. The molecule has 0 aromatic heterocycles. The van der Waals surface area contributed by atoms with Gasteiger partial charge in [-0.05, 0) is 37.0 Å². The molecule has 76 valence electrons. The van der Waals surface area contributed by atoms with Crippen LogP contribution in [0.5, 0.6) is 0 Å². The standard InChI is InChI=1S/C12H22O/c13-9-10-6-7-12(8-10)11-4-2-1-3-5-11/h10-13H,1-9H2. The van der Waals surface area contributed by atoms with Gasteiger partial charge in [-0.3, -0.25) is 0 Å². The van der Waals surface area contributed by atoms with Crippen LogP contribution >= 0.6 is 0 Å². The van der Waals surface area contributed by atoms with Crippen LogP contribution in [0, 0.1) is 17.8 Å². The van der Waals surface area contributed by atoms with Crippen molar-refractivity contribution in [3.63, 3.8) is 0 Å². The zero-order valence-corrected chi connectivity index (χ0v) is 8.54. The molecular formula is C12H22O. The lowest BCUT2D eigenvalue weighted by Gasteiger charge is -2.27. The molecule has 0 radical (unpaired) electrons. The van der Waals surface area contributed by atoms with E-state index in [0.717, 1.165) is 11.8 Å². The Bertz CT molecular complexity index is 149. The van der Waals surface area contributed by atoms with Crippen LogP contribution in [-0.2, 0) is 0 Å². The van der Waals surface area contributed by atoms with Gasteiger partial charge >= 0.3 is 0 Å². The summed E-state index contributed by atoms with van der Waals surface area (Å²) in [6.07, 6.45) is 11.4. The van der Waals surface area contributed by atoms with Gasteiger partial charge < -0.3 is 5.11 Å². The van der Waals surface area contributed by atoms with Crippen LogP contribution in [0.15, 0.2) is 0 Å². The molecule has 0 aromatic carbocycles. The van der Waals surface area contributed by atoms with E-state index in [2.05, 4.69) is 0 Å². The van der Waals surface area contributed by atoms with Crippen molar-refractivity contribution < 1.29 is 5.11 Å². The molecule has 2 unspecified atom stereocenters. The van der Waals surface area contributed by atoms with E-state index in [0.29, 0.717) is 12.5 Å². The van der Waals surface area contributed by atoms with Crippen LogP contribution in [0.1, 0.15) is 51.4 Å². The largest absolute Gasteiger partial charge is 0.396 e. The number of aliphatic hydroxyl groups is 1. The highest BCUT2D eigenvalue weighted by atomic mass is 16.3. The molecule has 0 aromatic rings. The lowest BCUT2D eigenvalue weighted by Crippen LogP contribution is -2.16. The molecular weight excluding hydrogens is 160 g/mol. The minimum atomic E-state index is 0.434. The van der Waals surface area contributed by atoms with E-state index in [1.165, 1.54) is 51.4 Å². The maximum Gasteiger partial charge on any atom is 0.0459 e. The predicted molar refractivity (Wildman–Crippen MR) is 54.5 cm³/mol. The summed E-state index contributed by atoms with van der Waals surface area (Å²) in [5.74, 6) is 2.63. The highest BCUT2D eigenvalue weighted by Gasteiger charge is 2.30. The van der Waals surface area contributed by atoms with Crippen LogP contribution < -0.4 is 0 Å². The Hall–Kier alpha value is -0.0400. The number of hydrogen-bond donors (Lipinski definition) is 1. The van der Waals surface area contributed by atoms with Crippen molar-refractivity contribution in [2.75, 3.05) is 6.61 Å². The molecule has 1 N–H and O–H groups in total. The lowest BCUT2D eigenvalue weighted by atomic mass is 9.79. The maximum absolute atomic E-state index is 9.08. The van der Waals surface area contributed by atoms with Crippen molar-refractivity contribution in [1.82, 2.24) is 0 Å². The Morgan fingerprint density at radius 2 is 1.62 bits per heavy atom. The summed E-state index contributed by atoms with van der Waals surface area (Å²) >= 11 is 0. The Morgan fingerprint density at radius 1 is 0.846 bits per heavy atom. The second kappa shape index (κ2) is 4.45. The van der Waals surface area contributed by atoms with Crippen LogP contribution in [-0.4, -0.2) is 11.7 Å². The van der Waals surface area contributed by atoms with E-state index < -0.39 is 0 Å². The van der Waals surface area contributed by atoms with Gasteiger partial charge in [-0.25, -0.2) is 0 Å². The molecule has 0 bridgehead atoms. The summed E-state index contributed by atoms with van der Waals surface area (Å²) in [6, 6.07) is 0. The van der Waals surface area contributed by atoms with Crippen molar-refractivity contribution in [1.29, 1.82) is 0 Å².